The van der Waals surface area contributed by atoms with Crippen molar-refractivity contribution in [1.82, 2.24) is 0 Å². The fourth-order valence-corrected chi connectivity index (χ4v) is 1.52. The Bertz CT molecular complexity index is 347. The zero-order valence-electron chi connectivity index (χ0n) is 9.39. The van der Waals surface area contributed by atoms with E-state index in [1.807, 2.05) is 31.2 Å². The van der Waals surface area contributed by atoms with Gasteiger partial charge in [0.25, 0.3) is 0 Å². The Morgan fingerprint density at radius 3 is 2.00 bits per heavy atom. The molecule has 5 N–H and O–H groups in total. The van der Waals surface area contributed by atoms with E-state index in [-0.39, 0.29) is 6.04 Å². The molecule has 0 aromatic heterocycles. The molecule has 0 fully saturated rings. The number of hydrogen-bond acceptors (Lipinski definition) is 3. The standard InChI is InChI=1S/C12H18N2O2/c1-8(13)6-9-2-4-10(5-3-9)7-11(14)12(15)16/h2-5,8,11H,6-7,13-14H2,1H3,(H,15,16). The summed E-state index contributed by atoms with van der Waals surface area (Å²) < 4.78 is 0. The van der Waals surface area contributed by atoms with Gasteiger partial charge in [-0.25, -0.2) is 0 Å². The van der Waals surface area contributed by atoms with Crippen LogP contribution in [0.2, 0.25) is 0 Å². The third-order valence-corrected chi connectivity index (χ3v) is 2.35. The highest BCUT2D eigenvalue weighted by Crippen LogP contribution is 2.08. The third kappa shape index (κ3) is 4.00. The highest BCUT2D eigenvalue weighted by molar-refractivity contribution is 5.73. The van der Waals surface area contributed by atoms with Crippen molar-refractivity contribution >= 4 is 5.97 Å². The first-order valence-corrected chi connectivity index (χ1v) is 5.31. The molecule has 0 aliphatic rings. The summed E-state index contributed by atoms with van der Waals surface area (Å²) in [5, 5.41) is 8.68. The molecule has 1 aromatic carbocycles. The number of carbonyl (C=O) groups is 1. The van der Waals surface area contributed by atoms with E-state index in [0.717, 1.165) is 17.5 Å². The zero-order valence-corrected chi connectivity index (χ0v) is 9.39. The Kier molecular flexibility index (Phi) is 4.46. The topological polar surface area (TPSA) is 89.3 Å². The molecule has 2 atom stereocenters. The summed E-state index contributed by atoms with van der Waals surface area (Å²) in [6.07, 6.45) is 1.18. The molecule has 1 aromatic rings. The molecule has 0 aliphatic carbocycles. The van der Waals surface area contributed by atoms with Gasteiger partial charge in [-0.15, -0.1) is 0 Å². The molecular weight excluding hydrogens is 204 g/mol. The van der Waals surface area contributed by atoms with Gasteiger partial charge in [0.15, 0.2) is 0 Å². The lowest BCUT2D eigenvalue weighted by Gasteiger charge is -2.08. The Hall–Kier alpha value is -1.39. The maximum Gasteiger partial charge on any atom is 0.320 e. The van der Waals surface area contributed by atoms with E-state index in [2.05, 4.69) is 0 Å². The van der Waals surface area contributed by atoms with E-state index in [9.17, 15) is 4.79 Å². The van der Waals surface area contributed by atoms with Gasteiger partial charge in [0, 0.05) is 6.04 Å². The molecule has 0 amide bonds. The van der Waals surface area contributed by atoms with Crippen LogP contribution in [0.5, 0.6) is 0 Å². The molecule has 16 heavy (non-hydrogen) atoms. The van der Waals surface area contributed by atoms with Crippen molar-refractivity contribution in [2.45, 2.75) is 31.8 Å². The van der Waals surface area contributed by atoms with Crippen molar-refractivity contribution in [3.63, 3.8) is 0 Å². The van der Waals surface area contributed by atoms with Crippen LogP contribution in [0, 0.1) is 0 Å². The average molecular weight is 222 g/mol. The molecule has 2 unspecified atom stereocenters. The predicted octanol–water partition coefficient (Wildman–Crippen LogP) is 0.531. The first-order chi connectivity index (χ1) is 7.49. The summed E-state index contributed by atoms with van der Waals surface area (Å²) in [4.78, 5) is 10.6. The smallest absolute Gasteiger partial charge is 0.320 e. The summed E-state index contributed by atoms with van der Waals surface area (Å²) in [5.41, 5.74) is 13.2. The van der Waals surface area contributed by atoms with Crippen molar-refractivity contribution in [3.8, 4) is 0 Å². The predicted molar refractivity (Wildman–Crippen MR) is 63.1 cm³/mol. The number of carboxylic acids is 1. The van der Waals surface area contributed by atoms with E-state index < -0.39 is 12.0 Å². The average Bonchev–Trinajstić information content (AvgIpc) is 2.20. The lowest BCUT2D eigenvalue weighted by Crippen LogP contribution is -2.32. The number of hydrogen-bond donors (Lipinski definition) is 3. The molecule has 88 valence electrons. The van der Waals surface area contributed by atoms with Gasteiger partial charge in [-0.3, -0.25) is 4.79 Å². The number of rotatable bonds is 5. The lowest BCUT2D eigenvalue weighted by molar-refractivity contribution is -0.138. The zero-order chi connectivity index (χ0) is 12.1. The fourth-order valence-electron chi connectivity index (χ4n) is 1.52. The maximum atomic E-state index is 10.6. The van der Waals surface area contributed by atoms with E-state index in [1.165, 1.54) is 0 Å². The third-order valence-electron chi connectivity index (χ3n) is 2.35. The highest BCUT2D eigenvalue weighted by atomic mass is 16.4. The molecule has 0 radical (unpaired) electrons. The van der Waals surface area contributed by atoms with Crippen molar-refractivity contribution in [2.75, 3.05) is 0 Å². The Labute approximate surface area is 95.3 Å². The minimum atomic E-state index is -0.973. The van der Waals surface area contributed by atoms with Crippen molar-refractivity contribution in [3.05, 3.63) is 35.4 Å². The second kappa shape index (κ2) is 5.63. The fraction of sp³-hybridized carbons (Fsp3) is 0.417. The van der Waals surface area contributed by atoms with E-state index in [0.29, 0.717) is 6.42 Å². The quantitative estimate of drug-likeness (QED) is 0.678. The Morgan fingerprint density at radius 2 is 1.62 bits per heavy atom. The van der Waals surface area contributed by atoms with Crippen molar-refractivity contribution < 1.29 is 9.90 Å². The summed E-state index contributed by atoms with van der Waals surface area (Å²) in [6, 6.07) is 7.04. The van der Waals surface area contributed by atoms with Gasteiger partial charge in [-0.1, -0.05) is 24.3 Å². The summed E-state index contributed by atoms with van der Waals surface area (Å²) >= 11 is 0. The summed E-state index contributed by atoms with van der Waals surface area (Å²) in [5.74, 6) is -0.973. The van der Waals surface area contributed by atoms with Gasteiger partial charge in [0.2, 0.25) is 0 Å². The van der Waals surface area contributed by atoms with Gasteiger partial charge in [0.05, 0.1) is 0 Å². The Balaban J connectivity index is 2.61. The van der Waals surface area contributed by atoms with E-state index in [4.69, 9.17) is 16.6 Å². The molecule has 0 saturated heterocycles. The van der Waals surface area contributed by atoms with Crippen LogP contribution < -0.4 is 11.5 Å². The highest BCUT2D eigenvalue weighted by Gasteiger charge is 2.11. The van der Waals surface area contributed by atoms with E-state index >= 15 is 0 Å². The molecule has 0 saturated carbocycles. The van der Waals surface area contributed by atoms with Crippen molar-refractivity contribution in [2.24, 2.45) is 11.5 Å². The van der Waals surface area contributed by atoms with E-state index in [1.54, 1.807) is 0 Å². The number of benzene rings is 1. The first kappa shape index (κ1) is 12.7. The van der Waals surface area contributed by atoms with Crippen LogP contribution in [0.3, 0.4) is 0 Å². The van der Waals surface area contributed by atoms with Gasteiger partial charge < -0.3 is 16.6 Å². The normalized spacial score (nSPS) is 14.4. The second-order valence-electron chi connectivity index (χ2n) is 4.15. The van der Waals surface area contributed by atoms with Crippen LogP contribution in [-0.4, -0.2) is 23.2 Å². The number of nitrogens with two attached hydrogens (primary N) is 2. The second-order valence-corrected chi connectivity index (χ2v) is 4.15. The van der Waals surface area contributed by atoms with Crippen LogP contribution in [-0.2, 0) is 17.6 Å². The Morgan fingerprint density at radius 1 is 1.19 bits per heavy atom. The van der Waals surface area contributed by atoms with Crippen molar-refractivity contribution in [1.29, 1.82) is 0 Å². The van der Waals surface area contributed by atoms with Crippen LogP contribution in [0.1, 0.15) is 18.1 Å². The first-order valence-electron chi connectivity index (χ1n) is 5.31. The molecule has 0 aliphatic heterocycles. The van der Waals surface area contributed by atoms with Crippen LogP contribution in [0.25, 0.3) is 0 Å². The minimum absolute atomic E-state index is 0.132. The molecule has 0 heterocycles. The molecule has 0 bridgehead atoms. The van der Waals surface area contributed by atoms with Gasteiger partial charge in [0.1, 0.15) is 6.04 Å². The molecule has 4 nitrogen and oxygen atoms in total. The summed E-state index contributed by atoms with van der Waals surface area (Å²) in [6.45, 7) is 1.95. The van der Waals surface area contributed by atoms with Gasteiger partial charge in [-0.2, -0.15) is 0 Å². The summed E-state index contributed by atoms with van der Waals surface area (Å²) in [7, 11) is 0. The van der Waals surface area contributed by atoms with Crippen LogP contribution in [0.15, 0.2) is 24.3 Å². The molecular formula is C12H18N2O2. The SMILES string of the molecule is CC(N)Cc1ccc(CC(N)C(=O)O)cc1. The number of aliphatic carboxylic acids is 1. The largest absolute Gasteiger partial charge is 0.480 e. The number of carboxylic acid groups (broad SMARTS) is 1. The van der Waals surface area contributed by atoms with Gasteiger partial charge in [-0.05, 0) is 30.9 Å². The monoisotopic (exact) mass is 222 g/mol. The molecule has 0 spiro atoms. The van der Waals surface area contributed by atoms with Gasteiger partial charge >= 0.3 is 5.97 Å². The lowest BCUT2D eigenvalue weighted by atomic mass is 10.0. The van der Waals surface area contributed by atoms with Crippen LogP contribution >= 0.6 is 0 Å². The molecule has 1 rings (SSSR count). The molecule has 4 heteroatoms. The van der Waals surface area contributed by atoms with Crippen LogP contribution in [0.4, 0.5) is 0 Å². The maximum absolute atomic E-state index is 10.6. The minimum Gasteiger partial charge on any atom is -0.480 e.